The molecule has 0 saturated carbocycles. The lowest BCUT2D eigenvalue weighted by atomic mass is 10.2. The minimum atomic E-state index is -1.11. The van der Waals surface area contributed by atoms with Crippen LogP contribution in [0.1, 0.15) is 0 Å². The van der Waals surface area contributed by atoms with Gasteiger partial charge in [-0.1, -0.05) is 11.6 Å². The summed E-state index contributed by atoms with van der Waals surface area (Å²) in [6, 6.07) is 0.477. The molecule has 90 valence electrons. The van der Waals surface area contributed by atoms with Gasteiger partial charge in [-0.25, -0.2) is 0 Å². The predicted octanol–water partition coefficient (Wildman–Crippen LogP) is 1.65. The van der Waals surface area contributed by atoms with Crippen molar-refractivity contribution in [2.75, 3.05) is 5.73 Å². The fraction of sp³-hybridized carbons (Fsp3) is 0. The lowest BCUT2D eigenvalue weighted by Gasteiger charge is -2.01. The number of halogens is 1. The van der Waals surface area contributed by atoms with Crippen molar-refractivity contribution in [1.29, 1.82) is 0 Å². The summed E-state index contributed by atoms with van der Waals surface area (Å²) >= 11 is 5.39. The van der Waals surface area contributed by atoms with Gasteiger partial charge in [-0.2, -0.15) is 0 Å². The summed E-state index contributed by atoms with van der Waals surface area (Å²) < 4.78 is 0. The largest absolute Gasteiger partial charge is 0.387 e. The fourth-order valence-corrected chi connectivity index (χ4v) is 1.39. The summed E-state index contributed by atoms with van der Waals surface area (Å²) in [4.78, 5) is 28.4. The maximum atomic E-state index is 10.6. The molecule has 1 aromatic carbocycles. The quantitative estimate of drug-likeness (QED) is 0.493. The van der Waals surface area contributed by atoms with Crippen molar-refractivity contribution >= 4 is 34.4 Å². The molecule has 0 amide bonds. The van der Waals surface area contributed by atoms with E-state index in [9.17, 15) is 30.3 Å². The molecule has 0 spiro atoms. The highest BCUT2D eigenvalue weighted by atomic mass is 35.5. The third-order valence-corrected chi connectivity index (χ3v) is 2.19. The van der Waals surface area contributed by atoms with Crippen molar-refractivity contribution in [2.45, 2.75) is 0 Å². The summed E-state index contributed by atoms with van der Waals surface area (Å²) in [5, 5.41) is 30.8. The molecule has 0 heterocycles. The molecule has 0 aromatic heterocycles. The lowest BCUT2D eigenvalue weighted by Crippen LogP contribution is -2.04. The molecular formula is C6H3ClN4O6. The first-order valence-corrected chi connectivity index (χ1v) is 4.20. The minimum Gasteiger partial charge on any atom is -0.387 e. The van der Waals surface area contributed by atoms with Crippen LogP contribution in [0.15, 0.2) is 6.07 Å². The Balaban J connectivity index is 3.76. The van der Waals surface area contributed by atoms with E-state index in [1.807, 2.05) is 0 Å². The third-order valence-electron chi connectivity index (χ3n) is 1.81. The standard InChI is InChI=1S/C6H3ClN4O6/c7-4-2(9(12)13)1-3(10(14)15)5(8)6(4)11(16)17/h1H,8H2. The highest BCUT2D eigenvalue weighted by molar-refractivity contribution is 6.35. The Morgan fingerprint density at radius 2 is 1.47 bits per heavy atom. The van der Waals surface area contributed by atoms with E-state index < -0.39 is 42.5 Å². The molecule has 0 aliphatic carbocycles. The third kappa shape index (κ3) is 2.06. The molecule has 0 aliphatic rings. The maximum Gasteiger partial charge on any atom is 0.324 e. The molecule has 0 atom stereocenters. The zero-order valence-corrected chi connectivity index (χ0v) is 8.58. The maximum absolute atomic E-state index is 10.6. The summed E-state index contributed by atoms with van der Waals surface area (Å²) in [5.74, 6) is 0. The first-order valence-electron chi connectivity index (χ1n) is 3.82. The molecule has 2 N–H and O–H groups in total. The number of hydrogen-bond acceptors (Lipinski definition) is 7. The van der Waals surface area contributed by atoms with Crippen LogP contribution in [0.4, 0.5) is 22.7 Å². The van der Waals surface area contributed by atoms with Gasteiger partial charge in [0.2, 0.25) is 0 Å². The minimum absolute atomic E-state index is 0.477. The van der Waals surface area contributed by atoms with Gasteiger partial charge in [0.15, 0.2) is 10.7 Å². The lowest BCUT2D eigenvalue weighted by molar-refractivity contribution is -0.401. The van der Waals surface area contributed by atoms with Crippen molar-refractivity contribution in [3.05, 3.63) is 41.4 Å². The van der Waals surface area contributed by atoms with Gasteiger partial charge in [-0.3, -0.25) is 30.3 Å². The van der Waals surface area contributed by atoms with E-state index in [0.29, 0.717) is 6.07 Å². The van der Waals surface area contributed by atoms with E-state index in [2.05, 4.69) is 0 Å². The van der Waals surface area contributed by atoms with Gasteiger partial charge in [0, 0.05) is 0 Å². The molecule has 1 aromatic rings. The summed E-state index contributed by atoms with van der Waals surface area (Å²) in [6.45, 7) is 0. The Labute approximate surface area is 97.0 Å². The number of benzene rings is 1. The molecule has 0 radical (unpaired) electrons. The summed E-state index contributed by atoms with van der Waals surface area (Å²) in [6.07, 6.45) is 0. The van der Waals surface area contributed by atoms with Gasteiger partial charge in [0.05, 0.1) is 20.8 Å². The average Bonchev–Trinajstić information content (AvgIpc) is 2.15. The van der Waals surface area contributed by atoms with E-state index in [-0.39, 0.29) is 0 Å². The van der Waals surface area contributed by atoms with E-state index in [0.717, 1.165) is 0 Å². The number of hydrogen-bond donors (Lipinski definition) is 1. The van der Waals surface area contributed by atoms with E-state index >= 15 is 0 Å². The molecule has 0 aliphatic heterocycles. The second-order valence-corrected chi connectivity index (χ2v) is 3.14. The van der Waals surface area contributed by atoms with E-state index in [1.165, 1.54) is 0 Å². The van der Waals surface area contributed by atoms with Gasteiger partial charge in [0.1, 0.15) is 0 Å². The van der Waals surface area contributed by atoms with Crippen LogP contribution in [0, 0.1) is 30.3 Å². The number of nitro groups is 3. The molecule has 0 unspecified atom stereocenters. The zero-order valence-electron chi connectivity index (χ0n) is 7.82. The van der Waals surface area contributed by atoms with Crippen LogP contribution in [0.5, 0.6) is 0 Å². The Bertz CT molecular complexity index is 506. The number of rotatable bonds is 3. The van der Waals surface area contributed by atoms with Crippen molar-refractivity contribution in [1.82, 2.24) is 0 Å². The topological polar surface area (TPSA) is 155 Å². The second-order valence-electron chi connectivity index (χ2n) is 2.76. The van der Waals surface area contributed by atoms with Crippen molar-refractivity contribution in [3.8, 4) is 0 Å². The summed E-state index contributed by atoms with van der Waals surface area (Å²) in [5.41, 5.74) is 1.41. The fourth-order valence-electron chi connectivity index (χ4n) is 1.09. The molecule has 1 rings (SSSR count). The van der Waals surface area contributed by atoms with Crippen LogP contribution in [0.2, 0.25) is 5.02 Å². The van der Waals surface area contributed by atoms with Crippen LogP contribution in [-0.4, -0.2) is 14.8 Å². The highest BCUT2D eigenvalue weighted by Gasteiger charge is 2.34. The van der Waals surface area contributed by atoms with Crippen molar-refractivity contribution in [3.63, 3.8) is 0 Å². The molecule has 0 bridgehead atoms. The Morgan fingerprint density at radius 3 is 1.82 bits per heavy atom. The van der Waals surface area contributed by atoms with Gasteiger partial charge in [-0.15, -0.1) is 0 Å². The van der Waals surface area contributed by atoms with Crippen LogP contribution < -0.4 is 5.73 Å². The van der Waals surface area contributed by atoms with E-state index in [1.54, 1.807) is 0 Å². The van der Waals surface area contributed by atoms with Crippen LogP contribution >= 0.6 is 11.6 Å². The molecule has 0 saturated heterocycles. The first kappa shape index (κ1) is 12.6. The molecule has 17 heavy (non-hydrogen) atoms. The second kappa shape index (κ2) is 4.17. The van der Waals surface area contributed by atoms with Crippen LogP contribution in [0.3, 0.4) is 0 Å². The highest BCUT2D eigenvalue weighted by Crippen LogP contribution is 2.43. The Hall–Kier alpha value is -2.49. The van der Waals surface area contributed by atoms with Crippen molar-refractivity contribution in [2.24, 2.45) is 0 Å². The first-order chi connectivity index (χ1) is 7.77. The SMILES string of the molecule is Nc1c([N+](=O)[O-])cc([N+](=O)[O-])c(Cl)c1[N+](=O)[O-]. The predicted molar refractivity (Wildman–Crippen MR) is 55.8 cm³/mol. The van der Waals surface area contributed by atoms with Gasteiger partial charge in [0.25, 0.3) is 0 Å². The normalized spacial score (nSPS) is 9.94. The van der Waals surface area contributed by atoms with E-state index in [4.69, 9.17) is 17.3 Å². The Morgan fingerprint density at radius 1 is 1.00 bits per heavy atom. The Kier molecular flexibility index (Phi) is 3.09. The molecule has 11 heteroatoms. The molecule has 10 nitrogen and oxygen atoms in total. The summed E-state index contributed by atoms with van der Waals surface area (Å²) in [7, 11) is 0. The number of nitrogen functional groups attached to an aromatic ring is 1. The monoisotopic (exact) mass is 262 g/mol. The van der Waals surface area contributed by atoms with Crippen molar-refractivity contribution < 1.29 is 14.8 Å². The molecule has 0 fully saturated rings. The number of nitro benzene ring substituents is 3. The zero-order chi connectivity index (χ0) is 13.3. The molecular weight excluding hydrogens is 260 g/mol. The smallest absolute Gasteiger partial charge is 0.324 e. The number of nitrogens with two attached hydrogens (primary N) is 1. The van der Waals surface area contributed by atoms with Gasteiger partial charge >= 0.3 is 17.1 Å². The van der Waals surface area contributed by atoms with Crippen LogP contribution in [-0.2, 0) is 0 Å². The van der Waals surface area contributed by atoms with Gasteiger partial charge in [-0.05, 0) is 0 Å². The van der Waals surface area contributed by atoms with Crippen LogP contribution in [0.25, 0.3) is 0 Å². The number of anilines is 1. The number of nitrogens with zero attached hydrogens (tertiary/aromatic N) is 3. The average molecular weight is 263 g/mol. The van der Waals surface area contributed by atoms with Gasteiger partial charge < -0.3 is 5.73 Å².